The zero-order valence-electron chi connectivity index (χ0n) is 24.3. The number of anilines is 2. The smallest absolute Gasteiger partial charge is 0.423 e. The number of methoxy groups -OCH3 is 2. The highest BCUT2D eigenvalue weighted by molar-refractivity contribution is 6.01. The number of alkyl halides is 3. The Balaban J connectivity index is 1.42. The molecule has 5 rings (SSSR count). The molecule has 2 aliphatic heterocycles. The summed E-state index contributed by atoms with van der Waals surface area (Å²) < 4.78 is 73.3. The van der Waals surface area contributed by atoms with Gasteiger partial charge in [0, 0.05) is 39.5 Å². The van der Waals surface area contributed by atoms with Gasteiger partial charge in [0.15, 0.2) is 0 Å². The monoisotopic (exact) mass is 618 g/mol. The summed E-state index contributed by atoms with van der Waals surface area (Å²) in [5.74, 6) is -3.36. The van der Waals surface area contributed by atoms with Crippen LogP contribution in [0.25, 0.3) is 0 Å². The Bertz CT molecular complexity index is 1590. The molecule has 0 bridgehead atoms. The Morgan fingerprint density at radius 3 is 2.61 bits per heavy atom. The van der Waals surface area contributed by atoms with Crippen LogP contribution in [0.3, 0.4) is 0 Å². The normalized spacial score (nSPS) is 18.6. The van der Waals surface area contributed by atoms with Crippen LogP contribution in [0, 0.1) is 5.82 Å². The molecule has 0 spiro atoms. The van der Waals surface area contributed by atoms with Crippen molar-refractivity contribution >= 4 is 23.5 Å². The second-order valence-electron chi connectivity index (χ2n) is 10.5. The third-order valence-corrected chi connectivity index (χ3v) is 7.51. The molecule has 0 saturated carbocycles. The highest BCUT2D eigenvalue weighted by Gasteiger charge is 2.38. The van der Waals surface area contributed by atoms with Gasteiger partial charge in [0.25, 0.3) is 11.8 Å². The Kier molecular flexibility index (Phi) is 8.61. The number of rotatable bonds is 8. The highest BCUT2D eigenvalue weighted by Crippen LogP contribution is 2.40. The first-order chi connectivity index (χ1) is 20.9. The number of hydrogen-bond donors (Lipinski definition) is 2. The molecule has 3 heterocycles. The van der Waals surface area contributed by atoms with E-state index in [0.717, 1.165) is 12.6 Å². The Labute approximate surface area is 250 Å². The molecule has 15 heteroatoms. The van der Waals surface area contributed by atoms with Crippen LogP contribution >= 0.6 is 0 Å². The molecule has 44 heavy (non-hydrogen) atoms. The third-order valence-electron chi connectivity index (χ3n) is 7.51. The minimum Gasteiger partial charge on any atom is -0.495 e. The number of aromatic nitrogens is 2. The summed E-state index contributed by atoms with van der Waals surface area (Å²) in [6.45, 7) is 1.59. The maximum atomic E-state index is 15.3. The van der Waals surface area contributed by atoms with Crippen molar-refractivity contribution in [1.29, 1.82) is 0 Å². The minimum atomic E-state index is -4.89. The van der Waals surface area contributed by atoms with Gasteiger partial charge < -0.3 is 34.6 Å². The van der Waals surface area contributed by atoms with Crippen LogP contribution in [-0.4, -0.2) is 85.1 Å². The van der Waals surface area contributed by atoms with E-state index in [0.29, 0.717) is 24.7 Å². The summed E-state index contributed by atoms with van der Waals surface area (Å²) >= 11 is 0. The van der Waals surface area contributed by atoms with Gasteiger partial charge in [-0.05, 0) is 37.7 Å². The lowest BCUT2D eigenvalue weighted by atomic mass is 10.0. The zero-order chi connectivity index (χ0) is 31.8. The van der Waals surface area contributed by atoms with Crippen LogP contribution < -0.4 is 20.1 Å². The van der Waals surface area contributed by atoms with E-state index < -0.39 is 35.3 Å². The zero-order valence-corrected chi connectivity index (χ0v) is 24.3. The van der Waals surface area contributed by atoms with Crippen LogP contribution in [0.4, 0.5) is 29.2 Å². The van der Waals surface area contributed by atoms with Crippen molar-refractivity contribution in [3.05, 3.63) is 64.6 Å². The molecule has 2 amide bonds. The van der Waals surface area contributed by atoms with Gasteiger partial charge in [-0.2, -0.15) is 18.2 Å². The van der Waals surface area contributed by atoms with Crippen LogP contribution in [0.1, 0.15) is 38.3 Å². The number of amides is 2. The number of likely N-dealkylation sites (tertiary alicyclic amines) is 1. The van der Waals surface area contributed by atoms with Gasteiger partial charge in [0.05, 0.1) is 36.1 Å². The van der Waals surface area contributed by atoms with Gasteiger partial charge in [-0.1, -0.05) is 12.1 Å². The average Bonchev–Trinajstić information content (AvgIpc) is 3.27. The Morgan fingerprint density at radius 1 is 1.14 bits per heavy atom. The quantitative estimate of drug-likeness (QED) is 0.358. The van der Waals surface area contributed by atoms with Gasteiger partial charge in [-0.15, -0.1) is 0 Å². The van der Waals surface area contributed by atoms with Crippen molar-refractivity contribution < 1.29 is 41.4 Å². The minimum absolute atomic E-state index is 0.00342. The molecule has 234 valence electrons. The van der Waals surface area contributed by atoms with Crippen LogP contribution in [-0.2, 0) is 17.5 Å². The van der Waals surface area contributed by atoms with E-state index >= 15 is 4.39 Å². The summed E-state index contributed by atoms with van der Waals surface area (Å²) in [7, 11) is 6.32. The molecule has 1 saturated heterocycles. The molecule has 3 aromatic rings. The number of halogens is 4. The van der Waals surface area contributed by atoms with Crippen molar-refractivity contribution in [3.8, 4) is 17.4 Å². The second kappa shape index (κ2) is 12.2. The fraction of sp³-hybridized carbons (Fsp3) is 0.379. The van der Waals surface area contributed by atoms with Crippen molar-refractivity contribution in [3.63, 3.8) is 0 Å². The fourth-order valence-electron chi connectivity index (χ4n) is 5.19. The Hall–Kier alpha value is -4.50. The molecule has 1 unspecified atom stereocenters. The van der Waals surface area contributed by atoms with Crippen LogP contribution in [0.15, 0.2) is 36.5 Å². The number of likely N-dealkylation sites (N-methyl/N-ethyl adjacent to an activating group) is 1. The van der Waals surface area contributed by atoms with Gasteiger partial charge in [-0.25, -0.2) is 9.37 Å². The topological polar surface area (TPSA) is 118 Å². The van der Waals surface area contributed by atoms with E-state index in [2.05, 4.69) is 25.5 Å². The van der Waals surface area contributed by atoms with Crippen molar-refractivity contribution in [1.82, 2.24) is 25.1 Å². The van der Waals surface area contributed by atoms with Crippen LogP contribution in [0.5, 0.6) is 17.4 Å². The number of piperidine rings is 1. The molecule has 2 aliphatic rings. The van der Waals surface area contributed by atoms with E-state index in [1.54, 1.807) is 19.2 Å². The first-order valence-electron chi connectivity index (χ1n) is 13.6. The molecule has 2 aromatic carbocycles. The standard InChI is InChI=1S/C29H30F4N6O5/c1-38-9-8-19(23(14-38)43-4)35-25(40)16-10-22(42-3)20(11-18(16)30)36-28-34-12-17(29(31,32)33)26(37-28)44-21-7-5-6-15-13-39(2)27(41)24(15)21/h5-7,10-12,19,23H,8-9,13-14H2,1-4H3,(H,35,40)(H,34,36,37)/t19?,23-/m0/s1. The molecule has 0 radical (unpaired) electrons. The summed E-state index contributed by atoms with van der Waals surface area (Å²) in [4.78, 5) is 36.7. The molecule has 11 nitrogen and oxygen atoms in total. The molecule has 1 aromatic heterocycles. The first-order valence-corrected chi connectivity index (χ1v) is 13.6. The van der Waals surface area contributed by atoms with E-state index in [9.17, 15) is 22.8 Å². The number of fused-ring (bicyclic) bond motifs is 1. The van der Waals surface area contributed by atoms with Crippen molar-refractivity contribution in [2.75, 3.05) is 46.7 Å². The molecular weight excluding hydrogens is 588 g/mol. The third kappa shape index (κ3) is 6.24. The van der Waals surface area contributed by atoms with Gasteiger partial charge >= 0.3 is 6.18 Å². The number of carbonyl (C=O) groups excluding carboxylic acids is 2. The van der Waals surface area contributed by atoms with Crippen molar-refractivity contribution in [2.45, 2.75) is 31.3 Å². The maximum Gasteiger partial charge on any atom is 0.423 e. The van der Waals surface area contributed by atoms with Crippen LogP contribution in [0.2, 0.25) is 0 Å². The molecule has 1 fully saturated rings. The maximum absolute atomic E-state index is 15.3. The fourth-order valence-corrected chi connectivity index (χ4v) is 5.19. The summed E-state index contributed by atoms with van der Waals surface area (Å²) in [6, 6.07) is 6.38. The van der Waals surface area contributed by atoms with E-state index in [4.69, 9.17) is 14.2 Å². The summed E-state index contributed by atoms with van der Waals surface area (Å²) in [5.41, 5.74) is -0.919. The number of carbonyl (C=O) groups is 2. The number of ether oxygens (including phenoxy) is 3. The summed E-state index contributed by atoms with van der Waals surface area (Å²) in [5, 5.41) is 5.45. The number of hydrogen-bond acceptors (Lipinski definition) is 9. The van der Waals surface area contributed by atoms with E-state index in [1.165, 1.54) is 31.3 Å². The lowest BCUT2D eigenvalue weighted by molar-refractivity contribution is -0.139. The van der Waals surface area contributed by atoms with Crippen molar-refractivity contribution in [2.24, 2.45) is 0 Å². The van der Waals surface area contributed by atoms with Gasteiger partial charge in [0.1, 0.15) is 22.9 Å². The SMILES string of the molecule is COc1cc(C(=O)NC2CCN(C)C[C@@H]2OC)c(F)cc1Nc1ncc(C(F)(F)F)c(Oc2cccc3c2C(=O)N(C)C3)n1. The predicted octanol–water partition coefficient (Wildman–Crippen LogP) is 4.21. The van der Waals surface area contributed by atoms with Gasteiger partial charge in [-0.3, -0.25) is 9.59 Å². The largest absolute Gasteiger partial charge is 0.495 e. The molecule has 0 aliphatic carbocycles. The Morgan fingerprint density at radius 2 is 1.91 bits per heavy atom. The van der Waals surface area contributed by atoms with Gasteiger partial charge in [0.2, 0.25) is 11.8 Å². The highest BCUT2D eigenvalue weighted by atomic mass is 19.4. The number of nitrogens with one attached hydrogen (secondary N) is 2. The number of nitrogens with zero attached hydrogens (tertiary/aromatic N) is 4. The second-order valence-corrected chi connectivity index (χ2v) is 10.5. The first kappa shape index (κ1) is 30.9. The molecule has 2 N–H and O–H groups in total. The summed E-state index contributed by atoms with van der Waals surface area (Å²) in [6.07, 6.45) is -4.06. The lowest BCUT2D eigenvalue weighted by Crippen LogP contribution is -2.53. The molecule has 2 atom stereocenters. The predicted molar refractivity (Wildman–Crippen MR) is 150 cm³/mol. The number of benzene rings is 2. The lowest BCUT2D eigenvalue weighted by Gasteiger charge is -2.36. The average molecular weight is 619 g/mol. The molecular formula is C29H30F4N6O5. The van der Waals surface area contributed by atoms with E-state index in [-0.39, 0.29) is 53.0 Å². The van der Waals surface area contributed by atoms with E-state index in [1.807, 2.05) is 7.05 Å².